The Kier molecular flexibility index (Phi) is 5.04. The summed E-state index contributed by atoms with van der Waals surface area (Å²) in [6.45, 7) is 3.57. The van der Waals surface area contributed by atoms with Crippen molar-refractivity contribution >= 4 is 28.3 Å². The van der Waals surface area contributed by atoms with Gasteiger partial charge in [0.1, 0.15) is 17.2 Å². The number of amides is 2. The van der Waals surface area contributed by atoms with Crippen molar-refractivity contribution in [2.75, 3.05) is 5.32 Å². The number of carbonyl (C=O) groups excluding carboxylic acids is 2. The highest BCUT2D eigenvalue weighted by Crippen LogP contribution is 2.27. The fraction of sp³-hybridized carbons (Fsp3) is 0.167. The van der Waals surface area contributed by atoms with E-state index in [1.807, 2.05) is 6.92 Å². The molecule has 3 rings (SSSR count). The number of aromatic hydroxyl groups is 1. The third-order valence-corrected chi connectivity index (χ3v) is 4.31. The Morgan fingerprint density at radius 1 is 1.27 bits per heavy atom. The van der Waals surface area contributed by atoms with Crippen molar-refractivity contribution in [3.63, 3.8) is 0 Å². The van der Waals surface area contributed by atoms with Crippen LogP contribution in [0.2, 0.25) is 0 Å². The van der Waals surface area contributed by atoms with E-state index in [0.717, 1.165) is 5.56 Å². The monoisotopic (exact) mass is 371 g/mol. The standard InChI is InChI=1S/C18H17N3O4S/c1-10-3-5-13(15(23)7-10)17(24)21-18-20-14(9-26-18)16-6-4-12(25-16)8-19-11(2)22/h3-7,9,23H,8H2,1-2H3,(H,19,22)(H,20,21,24). The topological polar surface area (TPSA) is 104 Å². The molecule has 0 radical (unpaired) electrons. The van der Waals surface area contributed by atoms with Crippen LogP contribution in [0.1, 0.15) is 28.6 Å². The molecular weight excluding hydrogens is 354 g/mol. The fourth-order valence-electron chi connectivity index (χ4n) is 2.26. The molecule has 3 N–H and O–H groups in total. The first kappa shape index (κ1) is 17.7. The minimum atomic E-state index is -0.436. The summed E-state index contributed by atoms with van der Waals surface area (Å²) >= 11 is 1.25. The summed E-state index contributed by atoms with van der Waals surface area (Å²) in [7, 11) is 0. The number of aromatic nitrogens is 1. The first-order valence-electron chi connectivity index (χ1n) is 7.82. The summed E-state index contributed by atoms with van der Waals surface area (Å²) in [6, 6.07) is 8.36. The predicted molar refractivity (Wildman–Crippen MR) is 98.1 cm³/mol. The molecule has 0 saturated heterocycles. The lowest BCUT2D eigenvalue weighted by atomic mass is 10.1. The molecule has 0 atom stereocenters. The van der Waals surface area contributed by atoms with Crippen LogP contribution in [0.3, 0.4) is 0 Å². The van der Waals surface area contributed by atoms with E-state index in [-0.39, 0.29) is 17.2 Å². The zero-order valence-electron chi connectivity index (χ0n) is 14.2. The number of phenols is 1. The van der Waals surface area contributed by atoms with Gasteiger partial charge in [-0.05, 0) is 36.8 Å². The molecule has 0 spiro atoms. The van der Waals surface area contributed by atoms with Gasteiger partial charge in [0.05, 0.1) is 12.1 Å². The van der Waals surface area contributed by atoms with E-state index in [1.54, 1.807) is 29.6 Å². The van der Waals surface area contributed by atoms with Gasteiger partial charge in [-0.3, -0.25) is 14.9 Å². The maximum absolute atomic E-state index is 12.3. The molecule has 0 saturated carbocycles. The number of hydrogen-bond donors (Lipinski definition) is 3. The number of thiazole rings is 1. The van der Waals surface area contributed by atoms with E-state index in [4.69, 9.17) is 4.42 Å². The van der Waals surface area contributed by atoms with Crippen LogP contribution < -0.4 is 10.6 Å². The molecule has 0 fully saturated rings. The number of anilines is 1. The molecule has 0 bridgehead atoms. The van der Waals surface area contributed by atoms with Crippen LogP contribution in [-0.2, 0) is 11.3 Å². The number of furan rings is 1. The molecule has 3 aromatic rings. The summed E-state index contributed by atoms with van der Waals surface area (Å²) < 4.78 is 5.63. The molecular formula is C18H17N3O4S. The lowest BCUT2D eigenvalue weighted by Gasteiger charge is -2.04. The van der Waals surface area contributed by atoms with Crippen molar-refractivity contribution in [3.05, 3.63) is 52.6 Å². The first-order valence-corrected chi connectivity index (χ1v) is 8.70. The largest absolute Gasteiger partial charge is 0.507 e. The van der Waals surface area contributed by atoms with Gasteiger partial charge < -0.3 is 14.8 Å². The number of nitrogens with one attached hydrogen (secondary N) is 2. The van der Waals surface area contributed by atoms with Crippen molar-refractivity contribution < 1.29 is 19.1 Å². The van der Waals surface area contributed by atoms with E-state index in [2.05, 4.69) is 15.6 Å². The van der Waals surface area contributed by atoms with Crippen molar-refractivity contribution in [2.24, 2.45) is 0 Å². The number of nitrogens with zero attached hydrogens (tertiary/aromatic N) is 1. The average Bonchev–Trinajstić information content (AvgIpc) is 3.21. The van der Waals surface area contributed by atoms with Crippen LogP contribution in [0.5, 0.6) is 5.75 Å². The summed E-state index contributed by atoms with van der Waals surface area (Å²) in [5, 5.41) is 17.4. The van der Waals surface area contributed by atoms with E-state index in [9.17, 15) is 14.7 Å². The summed E-state index contributed by atoms with van der Waals surface area (Å²) in [5.74, 6) is 0.502. The molecule has 0 aliphatic carbocycles. The molecule has 134 valence electrons. The smallest absolute Gasteiger partial charge is 0.261 e. The highest BCUT2D eigenvalue weighted by atomic mass is 32.1. The van der Waals surface area contributed by atoms with E-state index < -0.39 is 5.91 Å². The van der Waals surface area contributed by atoms with Gasteiger partial charge in [0.25, 0.3) is 5.91 Å². The minimum absolute atomic E-state index is 0.0760. The van der Waals surface area contributed by atoms with Gasteiger partial charge in [-0.1, -0.05) is 6.07 Å². The second-order valence-corrected chi connectivity index (χ2v) is 6.55. The Morgan fingerprint density at radius 2 is 2.08 bits per heavy atom. The second-order valence-electron chi connectivity index (χ2n) is 5.69. The number of benzene rings is 1. The van der Waals surface area contributed by atoms with Crippen molar-refractivity contribution in [3.8, 4) is 17.2 Å². The van der Waals surface area contributed by atoms with E-state index in [1.165, 1.54) is 24.3 Å². The van der Waals surface area contributed by atoms with E-state index >= 15 is 0 Å². The van der Waals surface area contributed by atoms with Gasteiger partial charge in [-0.25, -0.2) is 4.98 Å². The average molecular weight is 371 g/mol. The predicted octanol–water partition coefficient (Wildman–Crippen LogP) is 3.31. The molecule has 26 heavy (non-hydrogen) atoms. The van der Waals surface area contributed by atoms with E-state index in [0.29, 0.717) is 28.9 Å². The lowest BCUT2D eigenvalue weighted by Crippen LogP contribution is -2.18. The number of hydrogen-bond acceptors (Lipinski definition) is 6. The molecule has 2 aromatic heterocycles. The number of rotatable bonds is 5. The van der Waals surface area contributed by atoms with Gasteiger partial charge in [-0.15, -0.1) is 11.3 Å². The van der Waals surface area contributed by atoms with Crippen LogP contribution in [0, 0.1) is 6.92 Å². The summed E-state index contributed by atoms with van der Waals surface area (Å²) in [6.07, 6.45) is 0. The van der Waals surface area contributed by atoms with Gasteiger partial charge >= 0.3 is 0 Å². The van der Waals surface area contributed by atoms with Gasteiger partial charge in [0.15, 0.2) is 10.9 Å². The molecule has 2 heterocycles. The van der Waals surface area contributed by atoms with Crippen molar-refractivity contribution in [1.29, 1.82) is 0 Å². The Morgan fingerprint density at radius 3 is 2.81 bits per heavy atom. The maximum atomic E-state index is 12.3. The van der Waals surface area contributed by atoms with Gasteiger partial charge in [0, 0.05) is 12.3 Å². The second kappa shape index (κ2) is 7.40. The molecule has 1 aromatic carbocycles. The highest BCUT2D eigenvalue weighted by molar-refractivity contribution is 7.14. The summed E-state index contributed by atoms with van der Waals surface area (Å²) in [4.78, 5) is 27.5. The SMILES string of the molecule is CC(=O)NCc1ccc(-c2csc(NC(=O)c3ccc(C)cc3O)n2)o1. The zero-order chi connectivity index (χ0) is 18.7. The Balaban J connectivity index is 1.70. The van der Waals surface area contributed by atoms with Crippen molar-refractivity contribution in [1.82, 2.24) is 10.3 Å². The number of aryl methyl sites for hydroxylation is 1. The lowest BCUT2D eigenvalue weighted by molar-refractivity contribution is -0.119. The minimum Gasteiger partial charge on any atom is -0.507 e. The number of carbonyl (C=O) groups is 2. The Labute approximate surface area is 153 Å². The molecule has 7 nitrogen and oxygen atoms in total. The molecule has 0 unspecified atom stereocenters. The normalized spacial score (nSPS) is 10.5. The highest BCUT2D eigenvalue weighted by Gasteiger charge is 2.15. The van der Waals surface area contributed by atoms with Gasteiger partial charge in [0.2, 0.25) is 5.91 Å². The van der Waals surface area contributed by atoms with Crippen LogP contribution in [0.4, 0.5) is 5.13 Å². The van der Waals surface area contributed by atoms with Crippen LogP contribution in [0.15, 0.2) is 40.1 Å². The number of phenolic OH excluding ortho intramolecular Hbond substituents is 1. The first-order chi connectivity index (χ1) is 12.4. The summed E-state index contributed by atoms with van der Waals surface area (Å²) in [5.41, 5.74) is 1.62. The van der Waals surface area contributed by atoms with Crippen LogP contribution in [-0.4, -0.2) is 21.9 Å². The molecule has 0 aliphatic rings. The van der Waals surface area contributed by atoms with Crippen LogP contribution >= 0.6 is 11.3 Å². The van der Waals surface area contributed by atoms with Crippen molar-refractivity contribution in [2.45, 2.75) is 20.4 Å². The Bertz CT molecular complexity index is 961. The Hall–Kier alpha value is -3.13. The van der Waals surface area contributed by atoms with Gasteiger partial charge in [-0.2, -0.15) is 0 Å². The molecule has 8 heteroatoms. The molecule has 2 amide bonds. The fourth-order valence-corrected chi connectivity index (χ4v) is 2.96. The quantitative estimate of drug-likeness (QED) is 0.638. The maximum Gasteiger partial charge on any atom is 0.261 e. The van der Waals surface area contributed by atoms with Crippen LogP contribution in [0.25, 0.3) is 11.5 Å². The third-order valence-electron chi connectivity index (χ3n) is 3.55. The third kappa shape index (κ3) is 4.09. The zero-order valence-corrected chi connectivity index (χ0v) is 15.0. The molecule has 0 aliphatic heterocycles.